The lowest BCUT2D eigenvalue weighted by atomic mass is 9.78. The monoisotopic (exact) mass is 386 g/mol. The summed E-state index contributed by atoms with van der Waals surface area (Å²) >= 11 is 0. The Morgan fingerprint density at radius 1 is 1.12 bits per heavy atom. The van der Waals surface area contributed by atoms with Crippen molar-refractivity contribution in [3.05, 3.63) is 29.6 Å². The Hall–Kier alpha value is -0.950. The third-order valence-corrected chi connectivity index (χ3v) is 8.42. The average molecular weight is 386 g/mol. The van der Waals surface area contributed by atoms with Gasteiger partial charge in [0.25, 0.3) is 0 Å². The first-order valence-electron chi connectivity index (χ1n) is 9.47. The fourth-order valence-corrected chi connectivity index (χ4v) is 6.78. The topological polar surface area (TPSA) is 33.2 Å². The van der Waals surface area contributed by atoms with Crippen molar-refractivity contribution in [2.45, 2.75) is 56.7 Å². The Morgan fingerprint density at radius 2 is 1.77 bits per heavy atom. The Labute approximate surface area is 154 Å². The Morgan fingerprint density at radius 3 is 2.35 bits per heavy atom. The van der Waals surface area contributed by atoms with Gasteiger partial charge in [-0.15, -0.1) is 0 Å². The molecule has 4 rings (SSSR count). The van der Waals surface area contributed by atoms with Crippen molar-refractivity contribution in [3.63, 3.8) is 0 Å². The maximum absolute atomic E-state index is 12.9. The Balaban J connectivity index is 1.31. The zero-order valence-electron chi connectivity index (χ0n) is 14.8. The summed E-state index contributed by atoms with van der Waals surface area (Å²) in [6, 6.07) is 3.52. The van der Waals surface area contributed by atoms with Crippen LogP contribution in [0.5, 0.6) is 0 Å². The van der Waals surface area contributed by atoms with E-state index < -0.39 is 22.7 Å². The van der Waals surface area contributed by atoms with E-state index in [0.717, 1.165) is 68.7 Å². The highest BCUT2D eigenvalue weighted by Gasteiger charge is 2.45. The molecule has 0 bridgehead atoms. The molecule has 0 atom stereocenters. The number of pyridine rings is 1. The minimum atomic E-state index is -4.37. The highest BCUT2D eigenvalue weighted by atomic mass is 32.2. The van der Waals surface area contributed by atoms with Gasteiger partial charge in [-0.3, -0.25) is 9.19 Å². The zero-order valence-corrected chi connectivity index (χ0v) is 15.6. The van der Waals surface area contributed by atoms with Gasteiger partial charge in [-0.05, 0) is 80.6 Å². The van der Waals surface area contributed by atoms with E-state index in [1.54, 1.807) is 6.07 Å². The lowest BCUT2D eigenvalue weighted by molar-refractivity contribution is -0.141. The minimum Gasteiger partial charge on any atom is -0.300 e. The van der Waals surface area contributed by atoms with E-state index in [2.05, 4.69) is 9.88 Å². The van der Waals surface area contributed by atoms with Gasteiger partial charge in [-0.2, -0.15) is 13.2 Å². The summed E-state index contributed by atoms with van der Waals surface area (Å²) in [4.78, 5) is 6.04. The fourth-order valence-electron chi connectivity index (χ4n) is 4.92. The number of aromatic nitrogens is 1. The normalized spacial score (nSPS) is 30.3. The number of piperidine rings is 1. The van der Waals surface area contributed by atoms with Crippen LogP contribution < -0.4 is 0 Å². The average Bonchev–Trinajstić information content (AvgIpc) is 2.61. The number of nitrogens with zero attached hydrogens (tertiary/aromatic N) is 2. The van der Waals surface area contributed by atoms with Gasteiger partial charge in [0.05, 0.1) is 0 Å². The molecule has 3 heterocycles. The van der Waals surface area contributed by atoms with Crippen molar-refractivity contribution in [1.29, 1.82) is 0 Å². The van der Waals surface area contributed by atoms with Gasteiger partial charge < -0.3 is 4.90 Å². The number of hydrogen-bond donors (Lipinski definition) is 0. The molecule has 3 aliphatic rings. The maximum atomic E-state index is 12.9. The van der Waals surface area contributed by atoms with E-state index in [4.69, 9.17) is 0 Å². The van der Waals surface area contributed by atoms with Crippen LogP contribution in [-0.2, 0) is 17.0 Å². The first kappa shape index (κ1) is 18.4. The lowest BCUT2D eigenvalue weighted by Crippen LogP contribution is -2.54. The molecule has 1 aromatic heterocycles. The molecule has 1 spiro atoms. The smallest absolute Gasteiger partial charge is 0.300 e. The molecular weight excluding hydrogens is 361 g/mol. The molecule has 3 fully saturated rings. The van der Waals surface area contributed by atoms with Gasteiger partial charge in [0.15, 0.2) is 0 Å². The van der Waals surface area contributed by atoms with E-state index in [0.29, 0.717) is 11.5 Å². The van der Waals surface area contributed by atoms with Crippen molar-refractivity contribution in [3.8, 4) is 0 Å². The highest BCUT2D eigenvalue weighted by Crippen LogP contribution is 2.43. The van der Waals surface area contributed by atoms with Gasteiger partial charge in [0.1, 0.15) is 5.69 Å². The largest absolute Gasteiger partial charge is 0.433 e. The summed E-state index contributed by atoms with van der Waals surface area (Å²) < 4.78 is 50.1. The van der Waals surface area contributed by atoms with Crippen molar-refractivity contribution in [2.24, 2.45) is 5.41 Å². The molecule has 2 saturated heterocycles. The summed E-state index contributed by atoms with van der Waals surface area (Å²) in [5.41, 5.74) is 0.348. The zero-order chi connectivity index (χ0) is 18.4. The van der Waals surface area contributed by atoms with Crippen LogP contribution in [0.3, 0.4) is 0 Å². The summed E-state index contributed by atoms with van der Waals surface area (Å²) in [6.07, 6.45) is 3.20. The predicted molar refractivity (Wildman–Crippen MR) is 95.4 cm³/mol. The standard InChI is InChI=1S/C19H25F3N2OS/c20-19(21,22)17-11-15(5-8-23-17)14-1-3-16(4-2-14)24-9-6-18(7-10-24)12-26(25)13-18/h5,8,11,14,16H,1-4,6-7,9-10,12-13H2. The SMILES string of the molecule is O=S1CC2(CCN(C3CCC(c4ccnc(C(F)(F)F)c4)CC3)CC2)C1. The van der Waals surface area contributed by atoms with Crippen LogP contribution >= 0.6 is 0 Å². The predicted octanol–water partition coefficient (Wildman–Crippen LogP) is 3.97. The summed E-state index contributed by atoms with van der Waals surface area (Å²) in [7, 11) is -0.583. The lowest BCUT2D eigenvalue weighted by Gasteiger charge is -2.49. The van der Waals surface area contributed by atoms with Gasteiger partial charge in [-0.1, -0.05) is 0 Å². The number of halogens is 3. The van der Waals surface area contributed by atoms with Crippen LogP contribution in [0.4, 0.5) is 13.2 Å². The molecule has 144 valence electrons. The van der Waals surface area contributed by atoms with Crippen molar-refractivity contribution in [1.82, 2.24) is 9.88 Å². The van der Waals surface area contributed by atoms with E-state index in [9.17, 15) is 17.4 Å². The molecule has 1 aromatic rings. The quantitative estimate of drug-likeness (QED) is 0.771. The molecule has 1 aliphatic carbocycles. The van der Waals surface area contributed by atoms with E-state index in [-0.39, 0.29) is 5.92 Å². The first-order chi connectivity index (χ1) is 12.3. The molecule has 0 amide bonds. The molecule has 1 saturated carbocycles. The van der Waals surface area contributed by atoms with Crippen LogP contribution in [0.25, 0.3) is 0 Å². The molecule has 0 aromatic carbocycles. The van der Waals surface area contributed by atoms with Crippen molar-refractivity contribution in [2.75, 3.05) is 24.6 Å². The summed E-state index contributed by atoms with van der Waals surface area (Å²) in [5.74, 6) is 1.98. The molecule has 26 heavy (non-hydrogen) atoms. The van der Waals surface area contributed by atoms with Crippen molar-refractivity contribution >= 4 is 10.8 Å². The molecule has 3 nitrogen and oxygen atoms in total. The number of likely N-dealkylation sites (tertiary alicyclic amines) is 1. The third kappa shape index (κ3) is 3.70. The minimum absolute atomic E-state index is 0.209. The summed E-state index contributed by atoms with van der Waals surface area (Å²) in [6.45, 7) is 2.17. The molecule has 0 radical (unpaired) electrons. The number of alkyl halides is 3. The van der Waals surface area contributed by atoms with E-state index in [1.807, 2.05) is 0 Å². The number of rotatable bonds is 2. The maximum Gasteiger partial charge on any atom is 0.433 e. The second kappa shape index (κ2) is 6.89. The molecule has 2 aliphatic heterocycles. The number of hydrogen-bond acceptors (Lipinski definition) is 3. The highest BCUT2D eigenvalue weighted by molar-refractivity contribution is 7.86. The molecular formula is C19H25F3N2OS. The Bertz CT molecular complexity index is 668. The van der Waals surface area contributed by atoms with Crippen LogP contribution in [-0.4, -0.2) is 44.7 Å². The van der Waals surface area contributed by atoms with Gasteiger partial charge in [0, 0.05) is 34.5 Å². The van der Waals surface area contributed by atoms with E-state index >= 15 is 0 Å². The molecule has 0 N–H and O–H groups in total. The van der Waals surface area contributed by atoms with Crippen LogP contribution in [0.2, 0.25) is 0 Å². The summed E-state index contributed by atoms with van der Waals surface area (Å²) in [5, 5.41) is 0. The van der Waals surface area contributed by atoms with Gasteiger partial charge >= 0.3 is 6.18 Å². The van der Waals surface area contributed by atoms with Crippen molar-refractivity contribution < 1.29 is 17.4 Å². The Kier molecular flexibility index (Phi) is 4.88. The van der Waals surface area contributed by atoms with Crippen LogP contribution in [0, 0.1) is 5.41 Å². The van der Waals surface area contributed by atoms with Gasteiger partial charge in [0.2, 0.25) is 0 Å². The molecule has 0 unspecified atom stereocenters. The second-order valence-corrected chi connectivity index (χ2v) is 9.70. The van der Waals surface area contributed by atoms with Gasteiger partial charge in [-0.25, -0.2) is 0 Å². The molecule has 7 heteroatoms. The van der Waals surface area contributed by atoms with Crippen LogP contribution in [0.1, 0.15) is 55.7 Å². The van der Waals surface area contributed by atoms with E-state index in [1.165, 1.54) is 12.3 Å². The fraction of sp³-hybridized carbons (Fsp3) is 0.737. The first-order valence-corrected chi connectivity index (χ1v) is 11.0. The third-order valence-electron chi connectivity index (χ3n) is 6.55. The van der Waals surface area contributed by atoms with Crippen LogP contribution in [0.15, 0.2) is 18.3 Å². The second-order valence-electron chi connectivity index (χ2n) is 8.24.